The average molecular weight is 319 g/mol. The predicted molar refractivity (Wildman–Crippen MR) is 63.7 cm³/mol. The molecule has 0 radical (unpaired) electrons. The summed E-state index contributed by atoms with van der Waals surface area (Å²) in [4.78, 5) is 22.8. The molecule has 0 bridgehead atoms. The van der Waals surface area contributed by atoms with Gasteiger partial charge in [0.1, 0.15) is 11.5 Å². The Kier molecular flexibility index (Phi) is 3.31. The number of anilines is 1. The lowest BCUT2D eigenvalue weighted by molar-refractivity contribution is -0.384. The normalized spacial score (nSPS) is 19.4. The van der Waals surface area contributed by atoms with E-state index in [-0.39, 0.29) is 23.1 Å². The van der Waals surface area contributed by atoms with E-state index in [1.807, 2.05) is 0 Å². The van der Waals surface area contributed by atoms with Crippen molar-refractivity contribution in [1.29, 1.82) is 0 Å². The van der Waals surface area contributed by atoms with Crippen LogP contribution in [0, 0.1) is 15.9 Å². The number of amides is 1. The number of nitro benzene ring substituents is 1. The van der Waals surface area contributed by atoms with Crippen LogP contribution in [0.4, 0.5) is 15.8 Å². The van der Waals surface area contributed by atoms with E-state index in [1.165, 1.54) is 0 Å². The molecule has 1 atom stereocenters. The van der Waals surface area contributed by atoms with Crippen molar-refractivity contribution >= 4 is 33.2 Å². The molecule has 1 aromatic carbocycles. The zero-order valence-electron chi connectivity index (χ0n) is 8.97. The van der Waals surface area contributed by atoms with Crippen molar-refractivity contribution in [1.82, 2.24) is 0 Å². The molecule has 0 aromatic heterocycles. The molecule has 0 aliphatic carbocycles. The highest BCUT2D eigenvalue weighted by molar-refractivity contribution is 9.10. The molecule has 6 nitrogen and oxygen atoms in total. The van der Waals surface area contributed by atoms with Gasteiger partial charge in [-0.25, -0.2) is 4.39 Å². The van der Waals surface area contributed by atoms with Gasteiger partial charge < -0.3 is 10.0 Å². The van der Waals surface area contributed by atoms with Crippen molar-refractivity contribution in [3.05, 3.63) is 32.5 Å². The van der Waals surface area contributed by atoms with Gasteiger partial charge in [-0.05, 0) is 22.0 Å². The highest BCUT2D eigenvalue weighted by atomic mass is 79.9. The number of halogens is 2. The molecule has 0 saturated carbocycles. The summed E-state index contributed by atoms with van der Waals surface area (Å²) < 4.78 is 13.2. The number of rotatable bonds is 2. The zero-order chi connectivity index (χ0) is 13.4. The van der Waals surface area contributed by atoms with Crippen LogP contribution in [-0.4, -0.2) is 28.6 Å². The monoisotopic (exact) mass is 318 g/mol. The standard InChI is InChI=1S/C10H8BrFN2O4/c11-7-1-5(12)2-8(14(17)18)10(7)13-4-6(15)3-9(13)16/h1-2,6,15H,3-4H2. The van der Waals surface area contributed by atoms with E-state index in [2.05, 4.69) is 15.9 Å². The Morgan fingerprint density at radius 3 is 2.72 bits per heavy atom. The van der Waals surface area contributed by atoms with Crippen LogP contribution < -0.4 is 4.90 Å². The Morgan fingerprint density at radius 1 is 1.56 bits per heavy atom. The first-order valence-electron chi connectivity index (χ1n) is 5.02. The van der Waals surface area contributed by atoms with Crippen molar-refractivity contribution in [2.45, 2.75) is 12.5 Å². The number of nitro groups is 1. The van der Waals surface area contributed by atoms with Crippen LogP contribution in [0.1, 0.15) is 6.42 Å². The Labute approximate surface area is 109 Å². The van der Waals surface area contributed by atoms with Crippen LogP contribution in [-0.2, 0) is 4.79 Å². The molecule has 8 heteroatoms. The maximum Gasteiger partial charge on any atom is 0.297 e. The van der Waals surface area contributed by atoms with Crippen molar-refractivity contribution in [3.63, 3.8) is 0 Å². The van der Waals surface area contributed by atoms with Crippen LogP contribution in [0.25, 0.3) is 0 Å². The minimum atomic E-state index is -0.867. The third-order valence-electron chi connectivity index (χ3n) is 2.58. The molecule has 0 spiro atoms. The van der Waals surface area contributed by atoms with Gasteiger partial charge in [-0.15, -0.1) is 0 Å². The van der Waals surface area contributed by atoms with E-state index in [0.717, 1.165) is 17.0 Å². The fourth-order valence-corrected chi connectivity index (χ4v) is 2.50. The molecule has 1 unspecified atom stereocenters. The first-order chi connectivity index (χ1) is 8.40. The number of carbonyl (C=O) groups excluding carboxylic acids is 1. The molecule has 1 aliphatic rings. The maximum absolute atomic E-state index is 13.1. The third-order valence-corrected chi connectivity index (χ3v) is 3.18. The van der Waals surface area contributed by atoms with Crippen LogP contribution in [0.15, 0.2) is 16.6 Å². The van der Waals surface area contributed by atoms with Gasteiger partial charge in [0.15, 0.2) is 0 Å². The van der Waals surface area contributed by atoms with E-state index in [4.69, 9.17) is 0 Å². The molecule has 18 heavy (non-hydrogen) atoms. The van der Waals surface area contributed by atoms with Crippen molar-refractivity contribution in [3.8, 4) is 0 Å². The molecule has 1 N–H and O–H groups in total. The number of β-amino-alcohol motifs (C(OH)–C–C–N with tert-alkyl or cyclic N) is 1. The SMILES string of the molecule is O=C1CC(O)CN1c1c(Br)cc(F)cc1[N+](=O)[O-]. The second-order valence-corrected chi connectivity index (χ2v) is 4.73. The molecule has 1 amide bonds. The quantitative estimate of drug-likeness (QED) is 0.663. The summed E-state index contributed by atoms with van der Waals surface area (Å²) in [6.45, 7) is -0.0378. The smallest absolute Gasteiger partial charge is 0.297 e. The van der Waals surface area contributed by atoms with Gasteiger partial charge in [-0.3, -0.25) is 14.9 Å². The summed E-state index contributed by atoms with van der Waals surface area (Å²) in [7, 11) is 0. The largest absolute Gasteiger partial charge is 0.391 e. The van der Waals surface area contributed by atoms with Gasteiger partial charge in [0.05, 0.1) is 34.5 Å². The number of carbonyl (C=O) groups is 1. The lowest BCUT2D eigenvalue weighted by atomic mass is 10.2. The highest BCUT2D eigenvalue weighted by Crippen LogP contribution is 2.38. The number of benzene rings is 1. The van der Waals surface area contributed by atoms with E-state index in [9.17, 15) is 24.4 Å². The molecule has 1 fully saturated rings. The molecule has 1 heterocycles. The minimum Gasteiger partial charge on any atom is -0.391 e. The van der Waals surface area contributed by atoms with E-state index in [0.29, 0.717) is 0 Å². The topological polar surface area (TPSA) is 83.7 Å². The summed E-state index contributed by atoms with van der Waals surface area (Å²) >= 11 is 3.00. The zero-order valence-corrected chi connectivity index (χ0v) is 10.6. The van der Waals surface area contributed by atoms with Gasteiger partial charge >= 0.3 is 0 Å². The number of nitrogens with zero attached hydrogens (tertiary/aromatic N) is 2. The molecule has 2 rings (SSSR count). The first-order valence-corrected chi connectivity index (χ1v) is 5.81. The van der Waals surface area contributed by atoms with Crippen molar-refractivity contribution < 1.29 is 19.2 Å². The molecule has 96 valence electrons. The van der Waals surface area contributed by atoms with E-state index >= 15 is 0 Å². The van der Waals surface area contributed by atoms with Gasteiger partial charge in [-0.2, -0.15) is 0 Å². The minimum absolute atomic E-state index is 0.0250. The molecular formula is C10H8BrFN2O4. The van der Waals surface area contributed by atoms with Crippen LogP contribution >= 0.6 is 15.9 Å². The number of hydrogen-bond acceptors (Lipinski definition) is 4. The molecule has 1 aliphatic heterocycles. The van der Waals surface area contributed by atoms with Crippen LogP contribution in [0.2, 0.25) is 0 Å². The summed E-state index contributed by atoms with van der Waals surface area (Å²) in [5.74, 6) is -1.21. The van der Waals surface area contributed by atoms with Crippen molar-refractivity contribution in [2.24, 2.45) is 0 Å². The number of hydrogen-bond donors (Lipinski definition) is 1. The summed E-state index contributed by atoms with van der Waals surface area (Å²) in [5, 5.41) is 20.3. The lowest BCUT2D eigenvalue weighted by Gasteiger charge is -2.17. The second kappa shape index (κ2) is 4.62. The number of aliphatic hydroxyl groups is 1. The second-order valence-electron chi connectivity index (χ2n) is 3.87. The van der Waals surface area contributed by atoms with Crippen LogP contribution in [0.3, 0.4) is 0 Å². The first kappa shape index (κ1) is 12.9. The fourth-order valence-electron chi connectivity index (χ4n) is 1.86. The Morgan fingerprint density at radius 2 is 2.22 bits per heavy atom. The summed E-state index contributed by atoms with van der Waals surface area (Å²) in [6.07, 6.45) is -0.963. The Balaban J connectivity index is 2.56. The molecule has 1 aromatic rings. The van der Waals surface area contributed by atoms with Crippen molar-refractivity contribution in [2.75, 3.05) is 11.4 Å². The lowest BCUT2D eigenvalue weighted by Crippen LogP contribution is -2.26. The third kappa shape index (κ3) is 2.21. The highest BCUT2D eigenvalue weighted by Gasteiger charge is 2.35. The van der Waals surface area contributed by atoms with Gasteiger partial charge in [0, 0.05) is 0 Å². The van der Waals surface area contributed by atoms with E-state index in [1.54, 1.807) is 0 Å². The van der Waals surface area contributed by atoms with Gasteiger partial charge in [-0.1, -0.05) is 0 Å². The van der Waals surface area contributed by atoms with Gasteiger partial charge in [0.25, 0.3) is 5.69 Å². The fraction of sp³-hybridized carbons (Fsp3) is 0.300. The predicted octanol–water partition coefficient (Wildman–Crippen LogP) is 1.59. The Hall–Kier alpha value is -1.54. The average Bonchev–Trinajstić information content (AvgIpc) is 2.56. The molecular weight excluding hydrogens is 311 g/mol. The summed E-state index contributed by atoms with van der Waals surface area (Å²) in [5.41, 5.74) is -0.535. The maximum atomic E-state index is 13.1. The van der Waals surface area contributed by atoms with E-state index < -0.39 is 28.4 Å². The molecule has 1 saturated heterocycles. The summed E-state index contributed by atoms with van der Waals surface area (Å²) in [6, 6.07) is 1.79. The van der Waals surface area contributed by atoms with Crippen LogP contribution in [0.5, 0.6) is 0 Å². The van der Waals surface area contributed by atoms with Gasteiger partial charge in [0.2, 0.25) is 5.91 Å². The number of aliphatic hydroxyl groups excluding tert-OH is 1. The Bertz CT molecular complexity index is 537.